The highest BCUT2D eigenvalue weighted by Crippen LogP contribution is 2.13. The van der Waals surface area contributed by atoms with Crippen molar-refractivity contribution in [1.82, 2.24) is 15.1 Å². The number of carbonyl (C=O) groups excluding carboxylic acids is 2. The molecule has 7 nitrogen and oxygen atoms in total. The monoisotopic (exact) mass is 409 g/mol. The minimum atomic E-state index is -2.99. The lowest BCUT2D eigenvalue weighted by Crippen LogP contribution is -2.56. The van der Waals surface area contributed by atoms with E-state index in [1.54, 1.807) is 11.0 Å². The van der Waals surface area contributed by atoms with Crippen molar-refractivity contribution in [2.24, 2.45) is 5.92 Å². The summed E-state index contributed by atoms with van der Waals surface area (Å²) in [6.45, 7) is 8.54. The molecule has 0 radical (unpaired) electrons. The van der Waals surface area contributed by atoms with Gasteiger partial charge >= 0.3 is 0 Å². The number of aryl methyl sites for hydroxylation is 1. The first-order valence-corrected chi connectivity index (χ1v) is 11.7. The molecule has 0 spiro atoms. The molecule has 0 aromatic heterocycles. The summed E-state index contributed by atoms with van der Waals surface area (Å²) < 4.78 is 22.6. The fraction of sp³-hybridized carbons (Fsp3) is 0.600. The molecule has 1 fully saturated rings. The van der Waals surface area contributed by atoms with E-state index in [0.717, 1.165) is 5.56 Å². The number of nitrogens with zero attached hydrogens (tertiary/aromatic N) is 2. The van der Waals surface area contributed by atoms with Crippen LogP contribution in [0.25, 0.3) is 0 Å². The van der Waals surface area contributed by atoms with Gasteiger partial charge in [-0.1, -0.05) is 32.0 Å². The van der Waals surface area contributed by atoms with Gasteiger partial charge in [-0.2, -0.15) is 0 Å². The van der Waals surface area contributed by atoms with Crippen molar-refractivity contribution in [3.63, 3.8) is 0 Å². The first kappa shape index (κ1) is 22.4. The van der Waals surface area contributed by atoms with Crippen molar-refractivity contribution in [1.29, 1.82) is 0 Å². The lowest BCUT2D eigenvalue weighted by molar-refractivity contribution is -0.136. The van der Waals surface area contributed by atoms with Gasteiger partial charge in [0.2, 0.25) is 5.91 Å². The third-order valence-electron chi connectivity index (χ3n) is 5.07. The smallest absolute Gasteiger partial charge is 0.252 e. The van der Waals surface area contributed by atoms with Crippen LogP contribution in [0.5, 0.6) is 0 Å². The van der Waals surface area contributed by atoms with Gasteiger partial charge in [-0.3, -0.25) is 14.5 Å². The van der Waals surface area contributed by atoms with Crippen molar-refractivity contribution in [2.75, 3.05) is 44.7 Å². The Morgan fingerprint density at radius 3 is 2.25 bits per heavy atom. The summed E-state index contributed by atoms with van der Waals surface area (Å²) in [5.41, 5.74) is 1.45. The molecular weight excluding hydrogens is 378 g/mol. The zero-order valence-electron chi connectivity index (χ0n) is 17.1. The second-order valence-electron chi connectivity index (χ2n) is 7.81. The molecule has 1 unspecified atom stereocenters. The number of hydrogen-bond donors (Lipinski definition) is 1. The summed E-state index contributed by atoms with van der Waals surface area (Å²) >= 11 is 0. The molecule has 28 heavy (non-hydrogen) atoms. The maximum atomic E-state index is 13.0. The number of benzene rings is 1. The van der Waals surface area contributed by atoms with E-state index in [9.17, 15) is 18.0 Å². The Hall–Kier alpha value is -1.93. The van der Waals surface area contributed by atoms with E-state index >= 15 is 0 Å². The topological polar surface area (TPSA) is 86.8 Å². The zero-order chi connectivity index (χ0) is 20.9. The van der Waals surface area contributed by atoms with E-state index in [-0.39, 0.29) is 23.5 Å². The SMILES string of the molecule is Cc1ccccc1C(=O)NC(C(=O)N1CCN(CCS(C)(=O)=O)CC1)C(C)C. The highest BCUT2D eigenvalue weighted by molar-refractivity contribution is 7.90. The molecule has 1 aromatic carbocycles. The van der Waals surface area contributed by atoms with Gasteiger partial charge in [0.15, 0.2) is 0 Å². The Morgan fingerprint density at radius 1 is 1.11 bits per heavy atom. The van der Waals surface area contributed by atoms with Gasteiger partial charge in [-0.15, -0.1) is 0 Å². The average Bonchev–Trinajstić information content (AvgIpc) is 2.63. The summed E-state index contributed by atoms with van der Waals surface area (Å²) in [7, 11) is -2.99. The van der Waals surface area contributed by atoms with E-state index < -0.39 is 15.9 Å². The standard InChI is InChI=1S/C20H31N3O4S/c1-15(2)18(21-19(24)17-8-6-5-7-16(17)3)20(25)23-11-9-22(10-12-23)13-14-28(4,26)27/h5-8,15,18H,9-14H2,1-4H3,(H,21,24). The van der Waals surface area contributed by atoms with Crippen molar-refractivity contribution in [2.45, 2.75) is 26.8 Å². The van der Waals surface area contributed by atoms with Crippen LogP contribution in [0.4, 0.5) is 0 Å². The fourth-order valence-corrected chi connectivity index (χ4v) is 3.83. The maximum Gasteiger partial charge on any atom is 0.252 e. The van der Waals surface area contributed by atoms with Crippen LogP contribution in [0.2, 0.25) is 0 Å². The predicted molar refractivity (Wildman–Crippen MR) is 110 cm³/mol. The van der Waals surface area contributed by atoms with Crippen LogP contribution in [0.3, 0.4) is 0 Å². The van der Waals surface area contributed by atoms with Gasteiger partial charge in [-0.25, -0.2) is 8.42 Å². The molecule has 156 valence electrons. The van der Waals surface area contributed by atoms with Gasteiger partial charge in [0, 0.05) is 44.5 Å². The number of carbonyl (C=O) groups is 2. The first-order chi connectivity index (χ1) is 13.1. The molecule has 1 aliphatic heterocycles. The zero-order valence-corrected chi connectivity index (χ0v) is 18.0. The van der Waals surface area contributed by atoms with Crippen molar-refractivity contribution >= 4 is 21.7 Å². The predicted octanol–water partition coefficient (Wildman–Crippen LogP) is 0.938. The maximum absolute atomic E-state index is 13.0. The number of hydrogen-bond acceptors (Lipinski definition) is 5. The normalized spacial score (nSPS) is 16.8. The summed E-state index contributed by atoms with van der Waals surface area (Å²) in [4.78, 5) is 29.5. The Bertz CT molecular complexity index is 799. The van der Waals surface area contributed by atoms with Crippen molar-refractivity contribution in [3.05, 3.63) is 35.4 Å². The lowest BCUT2D eigenvalue weighted by Gasteiger charge is -2.37. The molecule has 1 heterocycles. The van der Waals surface area contributed by atoms with E-state index in [1.165, 1.54) is 6.26 Å². The fourth-order valence-electron chi connectivity index (χ4n) is 3.24. The molecule has 0 aliphatic carbocycles. The number of nitrogens with one attached hydrogen (secondary N) is 1. The van der Waals surface area contributed by atoms with Crippen LogP contribution in [0.15, 0.2) is 24.3 Å². The molecule has 2 amide bonds. The molecule has 0 bridgehead atoms. The van der Waals surface area contributed by atoms with Crippen LogP contribution in [-0.4, -0.2) is 80.8 Å². The van der Waals surface area contributed by atoms with E-state index in [4.69, 9.17) is 0 Å². The molecular formula is C20H31N3O4S. The summed E-state index contributed by atoms with van der Waals surface area (Å²) in [5.74, 6) is -0.234. The molecule has 1 atom stereocenters. The van der Waals surface area contributed by atoms with Crippen molar-refractivity contribution < 1.29 is 18.0 Å². The highest BCUT2D eigenvalue weighted by Gasteiger charge is 2.31. The molecule has 1 aliphatic rings. The van der Waals surface area contributed by atoms with E-state index in [1.807, 2.05) is 39.0 Å². The highest BCUT2D eigenvalue weighted by atomic mass is 32.2. The second kappa shape index (κ2) is 9.52. The van der Waals surface area contributed by atoms with Crippen molar-refractivity contribution in [3.8, 4) is 0 Å². The third kappa shape index (κ3) is 6.31. The number of rotatable bonds is 7. The van der Waals surface area contributed by atoms with Gasteiger partial charge in [0.05, 0.1) is 5.75 Å². The minimum absolute atomic E-state index is 0.0382. The van der Waals surface area contributed by atoms with Crippen LogP contribution in [0.1, 0.15) is 29.8 Å². The summed E-state index contributed by atoms with van der Waals surface area (Å²) in [6, 6.07) is 6.73. The third-order valence-corrected chi connectivity index (χ3v) is 6.00. The largest absolute Gasteiger partial charge is 0.340 e. The molecule has 8 heteroatoms. The van der Waals surface area contributed by atoms with Gasteiger partial charge < -0.3 is 10.2 Å². The van der Waals surface area contributed by atoms with Crippen LogP contribution in [0, 0.1) is 12.8 Å². The number of piperazine rings is 1. The lowest BCUT2D eigenvalue weighted by atomic mass is 10.0. The Morgan fingerprint density at radius 2 is 1.71 bits per heavy atom. The molecule has 2 rings (SSSR count). The Balaban J connectivity index is 1.96. The second-order valence-corrected chi connectivity index (χ2v) is 10.1. The minimum Gasteiger partial charge on any atom is -0.340 e. The van der Waals surface area contributed by atoms with Crippen LogP contribution < -0.4 is 5.32 Å². The summed E-state index contributed by atoms with van der Waals surface area (Å²) in [5, 5.41) is 2.90. The molecule has 0 saturated carbocycles. The number of sulfone groups is 1. The van der Waals surface area contributed by atoms with Gasteiger partial charge in [0.1, 0.15) is 15.9 Å². The quantitative estimate of drug-likeness (QED) is 0.724. The average molecular weight is 410 g/mol. The van der Waals surface area contributed by atoms with Gasteiger partial charge in [0.25, 0.3) is 5.91 Å². The molecule has 1 N–H and O–H groups in total. The molecule has 1 saturated heterocycles. The van der Waals surface area contributed by atoms with Gasteiger partial charge in [-0.05, 0) is 24.5 Å². The van der Waals surface area contributed by atoms with E-state index in [0.29, 0.717) is 38.3 Å². The number of amides is 2. The Labute approximate surface area is 168 Å². The van der Waals surface area contributed by atoms with Crippen LogP contribution in [-0.2, 0) is 14.6 Å². The van der Waals surface area contributed by atoms with E-state index in [2.05, 4.69) is 10.2 Å². The van der Waals surface area contributed by atoms with Crippen LogP contribution >= 0.6 is 0 Å². The molecule has 1 aromatic rings. The first-order valence-electron chi connectivity index (χ1n) is 9.64. The summed E-state index contributed by atoms with van der Waals surface area (Å²) in [6.07, 6.45) is 1.23. The Kier molecular flexibility index (Phi) is 7.60.